The standard InChI is InChI=1S/C24H21ClN8/c1-16-22(30-21-8-3-2-7-20(21)29-16)31-9-11-32(12-10-31)23-19-14-28-33(24(19)27-15-26-23)18-6-4-5-17(25)13-18/h2-8,13-15H,9-12H2,1H3. The summed E-state index contributed by atoms with van der Waals surface area (Å²) in [5.74, 6) is 1.85. The van der Waals surface area contributed by atoms with Crippen LogP contribution in [-0.2, 0) is 0 Å². The van der Waals surface area contributed by atoms with Crippen molar-refractivity contribution in [2.24, 2.45) is 0 Å². The van der Waals surface area contributed by atoms with Crippen molar-refractivity contribution in [2.75, 3.05) is 36.0 Å². The predicted molar refractivity (Wildman–Crippen MR) is 130 cm³/mol. The lowest BCUT2D eigenvalue weighted by molar-refractivity contribution is 0.641. The van der Waals surface area contributed by atoms with Gasteiger partial charge in [0.05, 0.1) is 34.0 Å². The fourth-order valence-electron chi connectivity index (χ4n) is 4.39. The molecule has 8 nitrogen and oxygen atoms in total. The van der Waals surface area contributed by atoms with Crippen LogP contribution in [0.1, 0.15) is 5.69 Å². The number of hydrogen-bond donors (Lipinski definition) is 0. The molecule has 164 valence electrons. The van der Waals surface area contributed by atoms with Gasteiger partial charge in [-0.1, -0.05) is 29.8 Å². The first-order chi connectivity index (χ1) is 16.2. The summed E-state index contributed by atoms with van der Waals surface area (Å²) in [5, 5.41) is 6.15. The van der Waals surface area contributed by atoms with E-state index in [2.05, 4.69) is 24.9 Å². The lowest BCUT2D eigenvalue weighted by Gasteiger charge is -2.36. The second kappa shape index (κ2) is 7.97. The number of fused-ring (bicyclic) bond motifs is 2. The van der Waals surface area contributed by atoms with E-state index in [1.54, 1.807) is 11.0 Å². The van der Waals surface area contributed by atoms with Gasteiger partial charge in [0, 0.05) is 31.2 Å². The van der Waals surface area contributed by atoms with Gasteiger partial charge < -0.3 is 9.80 Å². The number of nitrogens with zero attached hydrogens (tertiary/aromatic N) is 8. The smallest absolute Gasteiger partial charge is 0.168 e. The van der Waals surface area contributed by atoms with E-state index >= 15 is 0 Å². The maximum atomic E-state index is 6.18. The van der Waals surface area contributed by atoms with Crippen molar-refractivity contribution in [3.8, 4) is 5.69 Å². The minimum Gasteiger partial charge on any atom is -0.352 e. The Bertz CT molecular complexity index is 1470. The van der Waals surface area contributed by atoms with Crippen LogP contribution in [0.25, 0.3) is 27.8 Å². The highest BCUT2D eigenvalue weighted by molar-refractivity contribution is 6.30. The number of aryl methyl sites for hydroxylation is 1. The highest BCUT2D eigenvalue weighted by atomic mass is 35.5. The summed E-state index contributed by atoms with van der Waals surface area (Å²) in [6.07, 6.45) is 3.43. The van der Waals surface area contributed by atoms with Gasteiger partial charge in [-0.25, -0.2) is 24.6 Å². The van der Waals surface area contributed by atoms with Crippen LogP contribution < -0.4 is 9.80 Å². The third-order valence-corrected chi connectivity index (χ3v) is 6.23. The van der Waals surface area contributed by atoms with Crippen molar-refractivity contribution in [3.63, 3.8) is 0 Å². The Kier molecular flexibility index (Phi) is 4.80. The van der Waals surface area contributed by atoms with Gasteiger partial charge in [0.15, 0.2) is 11.5 Å². The molecule has 0 amide bonds. The van der Waals surface area contributed by atoms with Crippen LogP contribution in [0.4, 0.5) is 11.6 Å². The lowest BCUT2D eigenvalue weighted by atomic mass is 10.2. The first-order valence-corrected chi connectivity index (χ1v) is 11.2. The van der Waals surface area contributed by atoms with Crippen LogP contribution in [0.2, 0.25) is 5.02 Å². The van der Waals surface area contributed by atoms with Gasteiger partial charge in [0.2, 0.25) is 0 Å². The predicted octanol–water partition coefficient (Wildman–Crippen LogP) is 4.05. The molecule has 1 aliphatic heterocycles. The molecular formula is C24H21ClN8. The van der Waals surface area contributed by atoms with Crippen LogP contribution in [0.15, 0.2) is 61.1 Å². The topological polar surface area (TPSA) is 75.9 Å². The second-order valence-electron chi connectivity index (χ2n) is 8.07. The van der Waals surface area contributed by atoms with E-state index in [0.717, 1.165) is 71.3 Å². The zero-order chi connectivity index (χ0) is 22.4. The molecule has 6 rings (SSSR count). The molecule has 0 atom stereocenters. The van der Waals surface area contributed by atoms with Gasteiger partial charge in [0.1, 0.15) is 12.1 Å². The summed E-state index contributed by atoms with van der Waals surface area (Å²) >= 11 is 6.18. The van der Waals surface area contributed by atoms with Gasteiger partial charge in [0.25, 0.3) is 0 Å². The molecule has 0 N–H and O–H groups in total. The van der Waals surface area contributed by atoms with Crippen molar-refractivity contribution in [2.45, 2.75) is 6.92 Å². The fourth-order valence-corrected chi connectivity index (χ4v) is 4.57. The summed E-state index contributed by atoms with van der Waals surface area (Å²) < 4.78 is 1.80. The molecule has 9 heteroatoms. The molecule has 0 spiro atoms. The highest BCUT2D eigenvalue weighted by Gasteiger charge is 2.23. The van der Waals surface area contributed by atoms with Crippen LogP contribution in [0.5, 0.6) is 0 Å². The summed E-state index contributed by atoms with van der Waals surface area (Å²) in [7, 11) is 0. The monoisotopic (exact) mass is 456 g/mol. The number of rotatable bonds is 3. The normalized spacial score (nSPS) is 14.4. The van der Waals surface area contributed by atoms with Gasteiger partial charge >= 0.3 is 0 Å². The van der Waals surface area contributed by atoms with Crippen LogP contribution >= 0.6 is 11.6 Å². The maximum Gasteiger partial charge on any atom is 0.168 e. The molecule has 0 aliphatic carbocycles. The van der Waals surface area contributed by atoms with Gasteiger partial charge in [-0.15, -0.1) is 0 Å². The first-order valence-electron chi connectivity index (χ1n) is 10.9. The number of para-hydroxylation sites is 2. The van der Waals surface area contributed by atoms with Gasteiger partial charge in [-0.3, -0.25) is 0 Å². The van der Waals surface area contributed by atoms with E-state index < -0.39 is 0 Å². The van der Waals surface area contributed by atoms with E-state index in [0.29, 0.717) is 5.02 Å². The lowest BCUT2D eigenvalue weighted by Crippen LogP contribution is -2.47. The molecule has 33 heavy (non-hydrogen) atoms. The molecule has 1 fully saturated rings. The molecule has 2 aromatic carbocycles. The second-order valence-corrected chi connectivity index (χ2v) is 8.50. The number of halogens is 1. The zero-order valence-electron chi connectivity index (χ0n) is 18.1. The number of benzene rings is 2. The van der Waals surface area contributed by atoms with E-state index in [-0.39, 0.29) is 0 Å². The SMILES string of the molecule is Cc1nc2ccccc2nc1N1CCN(c2ncnc3c2cnn3-c2cccc(Cl)c2)CC1. The van der Waals surface area contributed by atoms with Crippen molar-refractivity contribution in [1.29, 1.82) is 0 Å². The van der Waals surface area contributed by atoms with E-state index in [9.17, 15) is 0 Å². The van der Waals surface area contributed by atoms with E-state index in [1.807, 2.05) is 61.7 Å². The number of aromatic nitrogens is 6. The molecule has 1 aliphatic rings. The molecule has 1 saturated heterocycles. The van der Waals surface area contributed by atoms with Crippen LogP contribution in [0, 0.1) is 6.92 Å². The Hall–Kier alpha value is -3.78. The third kappa shape index (κ3) is 3.52. The number of piperazine rings is 1. The molecule has 0 unspecified atom stereocenters. The first kappa shape index (κ1) is 19.9. The molecule has 4 heterocycles. The Morgan fingerprint density at radius 1 is 0.818 bits per heavy atom. The van der Waals surface area contributed by atoms with Crippen molar-refractivity contribution < 1.29 is 0 Å². The van der Waals surface area contributed by atoms with Crippen LogP contribution in [-0.4, -0.2) is 55.9 Å². The van der Waals surface area contributed by atoms with E-state index in [1.165, 1.54) is 0 Å². The molecule has 0 saturated carbocycles. The molecular weight excluding hydrogens is 436 g/mol. The van der Waals surface area contributed by atoms with Gasteiger partial charge in [-0.2, -0.15) is 5.10 Å². The average Bonchev–Trinajstić information content (AvgIpc) is 3.28. The average molecular weight is 457 g/mol. The Balaban J connectivity index is 1.27. The quantitative estimate of drug-likeness (QED) is 0.405. The summed E-state index contributed by atoms with van der Waals surface area (Å²) in [5.41, 5.74) is 4.44. The minimum absolute atomic E-state index is 0.661. The van der Waals surface area contributed by atoms with Crippen molar-refractivity contribution in [3.05, 3.63) is 71.8 Å². The van der Waals surface area contributed by atoms with Crippen LogP contribution in [0.3, 0.4) is 0 Å². The van der Waals surface area contributed by atoms with E-state index in [4.69, 9.17) is 21.6 Å². The highest BCUT2D eigenvalue weighted by Crippen LogP contribution is 2.28. The largest absolute Gasteiger partial charge is 0.352 e. The minimum atomic E-state index is 0.661. The molecule has 3 aromatic heterocycles. The Labute approximate surface area is 195 Å². The molecule has 0 bridgehead atoms. The molecule has 0 radical (unpaired) electrons. The fraction of sp³-hybridized carbons (Fsp3) is 0.208. The summed E-state index contributed by atoms with van der Waals surface area (Å²) in [6, 6.07) is 15.6. The summed E-state index contributed by atoms with van der Waals surface area (Å²) in [4.78, 5) is 23.3. The zero-order valence-corrected chi connectivity index (χ0v) is 18.8. The number of hydrogen-bond acceptors (Lipinski definition) is 7. The van der Waals surface area contributed by atoms with Gasteiger partial charge in [-0.05, 0) is 37.3 Å². The Morgan fingerprint density at radius 3 is 2.30 bits per heavy atom. The Morgan fingerprint density at radius 2 is 1.55 bits per heavy atom. The summed E-state index contributed by atoms with van der Waals surface area (Å²) in [6.45, 7) is 5.34. The van der Waals surface area contributed by atoms with Crippen molar-refractivity contribution in [1.82, 2.24) is 29.7 Å². The van der Waals surface area contributed by atoms with Crippen molar-refractivity contribution >= 4 is 45.3 Å². The maximum absolute atomic E-state index is 6.18. The molecule has 5 aromatic rings. The third-order valence-electron chi connectivity index (χ3n) is 6.00. The number of anilines is 2.